The number of nitrogens with two attached hydrogens (primary N) is 1. The van der Waals surface area contributed by atoms with Crippen molar-refractivity contribution in [2.45, 2.75) is 12.5 Å². The molecule has 1 aliphatic heterocycles. The highest BCUT2D eigenvalue weighted by molar-refractivity contribution is 9.10. The molecule has 33 heavy (non-hydrogen) atoms. The fourth-order valence-corrected chi connectivity index (χ4v) is 4.24. The quantitative estimate of drug-likeness (QED) is 0.474. The molecule has 0 bridgehead atoms. The van der Waals surface area contributed by atoms with E-state index in [1.807, 2.05) is 85.7 Å². The molecular weight excluding hydrogens is 484 g/mol. The van der Waals surface area contributed by atoms with Crippen molar-refractivity contribution in [3.8, 4) is 11.5 Å². The zero-order valence-corrected chi connectivity index (χ0v) is 20.3. The number of carbonyl (C=O) groups excluding carboxylic acids is 1. The molecule has 0 saturated heterocycles. The Hall–Kier alpha value is -3.45. The fraction of sp³-hybridized carbons (Fsp3) is 0.192. The Labute approximate surface area is 201 Å². The van der Waals surface area contributed by atoms with Gasteiger partial charge in [-0.25, -0.2) is 4.79 Å². The molecule has 0 unspecified atom stereocenters. The summed E-state index contributed by atoms with van der Waals surface area (Å²) in [5.74, 6) is 0.176. The molecule has 3 aromatic carbocycles. The van der Waals surface area contributed by atoms with Crippen molar-refractivity contribution < 1.29 is 19.0 Å². The van der Waals surface area contributed by atoms with Gasteiger partial charge in [0.25, 0.3) is 0 Å². The summed E-state index contributed by atoms with van der Waals surface area (Å²) < 4.78 is 18.0. The van der Waals surface area contributed by atoms with E-state index in [0.29, 0.717) is 18.1 Å². The number of carbonyl (C=O) groups is 1. The van der Waals surface area contributed by atoms with Crippen LogP contribution >= 0.6 is 15.9 Å². The van der Waals surface area contributed by atoms with E-state index in [-0.39, 0.29) is 11.5 Å². The maximum atomic E-state index is 12.8. The number of anilines is 1. The van der Waals surface area contributed by atoms with Gasteiger partial charge in [-0.2, -0.15) is 0 Å². The number of hydrogen-bond donors (Lipinski definition) is 1. The van der Waals surface area contributed by atoms with Crippen LogP contribution in [0.2, 0.25) is 0 Å². The highest BCUT2D eigenvalue weighted by atomic mass is 79.9. The molecule has 2 N–H and O–H groups in total. The standard InChI is InChI=1S/C26H25BrN2O4/c1-29(2)18-10-11-19-22(14-18)33-25(28)24(26(30)31-3)23(19)20-13-17(27)9-12-21(20)32-15-16-7-5-4-6-8-16/h4-14,23H,15,28H2,1-3H3/t23-/m0/s1. The van der Waals surface area contributed by atoms with Crippen LogP contribution in [0.4, 0.5) is 5.69 Å². The number of halogens is 1. The van der Waals surface area contributed by atoms with Crippen molar-refractivity contribution in [1.82, 2.24) is 0 Å². The predicted molar refractivity (Wildman–Crippen MR) is 131 cm³/mol. The van der Waals surface area contributed by atoms with E-state index in [2.05, 4.69) is 15.9 Å². The Morgan fingerprint density at radius 1 is 1.06 bits per heavy atom. The molecule has 0 saturated carbocycles. The highest BCUT2D eigenvalue weighted by Crippen LogP contribution is 2.47. The first-order valence-electron chi connectivity index (χ1n) is 10.4. The molecule has 0 spiro atoms. The largest absolute Gasteiger partial charge is 0.489 e. The lowest BCUT2D eigenvalue weighted by atomic mass is 9.82. The van der Waals surface area contributed by atoms with Crippen molar-refractivity contribution >= 4 is 27.6 Å². The maximum Gasteiger partial charge on any atom is 0.340 e. The second kappa shape index (κ2) is 9.58. The molecule has 1 aliphatic rings. The van der Waals surface area contributed by atoms with Crippen LogP contribution in [0.3, 0.4) is 0 Å². The second-order valence-corrected chi connectivity index (χ2v) is 8.79. The number of benzene rings is 3. The molecule has 1 atom stereocenters. The van der Waals surface area contributed by atoms with Crippen LogP contribution < -0.4 is 20.1 Å². The molecule has 0 amide bonds. The van der Waals surface area contributed by atoms with E-state index in [1.165, 1.54) is 7.11 Å². The Bertz CT molecular complexity index is 1210. The van der Waals surface area contributed by atoms with Gasteiger partial charge in [-0.1, -0.05) is 52.3 Å². The van der Waals surface area contributed by atoms with Crippen LogP contribution in [-0.2, 0) is 16.1 Å². The van der Waals surface area contributed by atoms with E-state index in [1.54, 1.807) is 0 Å². The van der Waals surface area contributed by atoms with Crippen molar-refractivity contribution in [3.05, 3.63) is 99.3 Å². The third-order valence-electron chi connectivity index (χ3n) is 5.52. The van der Waals surface area contributed by atoms with Crippen molar-refractivity contribution in [2.75, 3.05) is 26.1 Å². The van der Waals surface area contributed by atoms with Crippen LogP contribution in [0.5, 0.6) is 11.5 Å². The minimum absolute atomic E-state index is 0.0178. The normalized spacial score (nSPS) is 14.8. The lowest BCUT2D eigenvalue weighted by Crippen LogP contribution is -2.27. The Kier molecular flexibility index (Phi) is 6.60. The number of rotatable bonds is 6. The molecule has 6 nitrogen and oxygen atoms in total. The molecule has 0 aromatic heterocycles. The van der Waals surface area contributed by atoms with Gasteiger partial charge in [0.15, 0.2) is 0 Å². The summed E-state index contributed by atoms with van der Waals surface area (Å²) >= 11 is 3.56. The molecule has 0 radical (unpaired) electrons. The number of fused-ring (bicyclic) bond motifs is 1. The molecular formula is C26H25BrN2O4. The molecule has 0 fully saturated rings. The zero-order chi connectivity index (χ0) is 23.5. The number of ether oxygens (including phenoxy) is 3. The van der Waals surface area contributed by atoms with Gasteiger partial charge in [0.05, 0.1) is 13.0 Å². The molecule has 7 heteroatoms. The first-order valence-corrected chi connectivity index (χ1v) is 11.2. The SMILES string of the molecule is COC(=O)C1=C(N)Oc2cc(N(C)C)ccc2[C@H]1c1cc(Br)ccc1OCc1ccccc1. The summed E-state index contributed by atoms with van der Waals surface area (Å²) in [4.78, 5) is 14.8. The summed E-state index contributed by atoms with van der Waals surface area (Å²) in [6, 6.07) is 21.5. The minimum Gasteiger partial charge on any atom is -0.489 e. The average molecular weight is 509 g/mol. The number of methoxy groups -OCH3 is 1. The van der Waals surface area contributed by atoms with Crippen LogP contribution in [0.1, 0.15) is 22.6 Å². The second-order valence-electron chi connectivity index (χ2n) is 7.88. The summed E-state index contributed by atoms with van der Waals surface area (Å²) in [5.41, 5.74) is 10.1. The number of hydrogen-bond acceptors (Lipinski definition) is 6. The molecule has 4 rings (SSSR count). The molecule has 170 valence electrons. The molecule has 0 aliphatic carbocycles. The first-order chi connectivity index (χ1) is 15.9. The highest BCUT2D eigenvalue weighted by Gasteiger charge is 2.37. The monoisotopic (exact) mass is 508 g/mol. The van der Waals surface area contributed by atoms with Gasteiger partial charge in [0.2, 0.25) is 5.88 Å². The van der Waals surface area contributed by atoms with Crippen LogP contribution in [0, 0.1) is 0 Å². The van der Waals surface area contributed by atoms with Crippen LogP contribution in [0.15, 0.2) is 82.7 Å². The van der Waals surface area contributed by atoms with Gasteiger partial charge >= 0.3 is 5.97 Å². The van der Waals surface area contributed by atoms with Gasteiger partial charge in [-0.3, -0.25) is 0 Å². The topological polar surface area (TPSA) is 74.0 Å². The van der Waals surface area contributed by atoms with Gasteiger partial charge in [-0.05, 0) is 29.8 Å². The lowest BCUT2D eigenvalue weighted by molar-refractivity contribution is -0.136. The third-order valence-corrected chi connectivity index (χ3v) is 6.02. The molecule has 3 aromatic rings. The fourth-order valence-electron chi connectivity index (χ4n) is 3.86. The Morgan fingerprint density at radius 3 is 2.52 bits per heavy atom. The van der Waals surface area contributed by atoms with E-state index in [9.17, 15) is 4.79 Å². The Balaban J connectivity index is 1.84. The van der Waals surface area contributed by atoms with Crippen LogP contribution in [0.25, 0.3) is 0 Å². The van der Waals surface area contributed by atoms with E-state index in [0.717, 1.165) is 26.9 Å². The zero-order valence-electron chi connectivity index (χ0n) is 18.7. The minimum atomic E-state index is -0.547. The van der Waals surface area contributed by atoms with Gasteiger partial charge in [0, 0.05) is 41.4 Å². The summed E-state index contributed by atoms with van der Waals surface area (Å²) in [5, 5.41) is 0. The predicted octanol–water partition coefficient (Wildman–Crippen LogP) is 4.96. The van der Waals surface area contributed by atoms with Gasteiger partial charge < -0.3 is 24.8 Å². The van der Waals surface area contributed by atoms with Crippen molar-refractivity contribution in [3.63, 3.8) is 0 Å². The molecule has 1 heterocycles. The number of nitrogens with zero attached hydrogens (tertiary/aromatic N) is 1. The van der Waals surface area contributed by atoms with Crippen LogP contribution in [-0.4, -0.2) is 27.2 Å². The van der Waals surface area contributed by atoms with Gasteiger partial charge in [-0.15, -0.1) is 0 Å². The summed E-state index contributed by atoms with van der Waals surface area (Å²) in [7, 11) is 5.23. The maximum absolute atomic E-state index is 12.8. The van der Waals surface area contributed by atoms with Gasteiger partial charge in [0.1, 0.15) is 23.7 Å². The van der Waals surface area contributed by atoms with E-state index >= 15 is 0 Å². The summed E-state index contributed by atoms with van der Waals surface area (Å²) in [6.45, 7) is 0.387. The lowest BCUT2D eigenvalue weighted by Gasteiger charge is -2.30. The summed E-state index contributed by atoms with van der Waals surface area (Å²) in [6.07, 6.45) is 0. The Morgan fingerprint density at radius 2 is 1.82 bits per heavy atom. The smallest absolute Gasteiger partial charge is 0.340 e. The van der Waals surface area contributed by atoms with Crippen molar-refractivity contribution in [2.24, 2.45) is 5.73 Å². The van der Waals surface area contributed by atoms with E-state index < -0.39 is 11.9 Å². The number of esters is 1. The van der Waals surface area contributed by atoms with Crippen molar-refractivity contribution in [1.29, 1.82) is 0 Å². The average Bonchev–Trinajstić information content (AvgIpc) is 2.82. The third kappa shape index (κ3) is 4.68. The first kappa shape index (κ1) is 22.7. The van der Waals surface area contributed by atoms with E-state index in [4.69, 9.17) is 19.9 Å².